The molecule has 25 heavy (non-hydrogen) atoms. The number of nitrogens with zero attached hydrogens (tertiary/aromatic N) is 2. The largest absolute Gasteiger partial charge is 0.496 e. The van der Waals surface area contributed by atoms with Crippen molar-refractivity contribution >= 4 is 11.6 Å². The summed E-state index contributed by atoms with van der Waals surface area (Å²) >= 11 is 0. The zero-order valence-corrected chi connectivity index (χ0v) is 13.9. The third-order valence-electron chi connectivity index (χ3n) is 3.48. The lowest BCUT2D eigenvalue weighted by Crippen LogP contribution is -2.17. The van der Waals surface area contributed by atoms with Gasteiger partial charge in [-0.15, -0.1) is 0 Å². The van der Waals surface area contributed by atoms with Crippen LogP contribution in [0, 0.1) is 0 Å². The highest BCUT2D eigenvalue weighted by molar-refractivity contribution is 5.95. The molecule has 128 valence electrons. The molecule has 1 amide bonds. The van der Waals surface area contributed by atoms with Gasteiger partial charge in [-0.1, -0.05) is 29.4 Å². The summed E-state index contributed by atoms with van der Waals surface area (Å²) in [5.41, 5.74) is 1.92. The van der Waals surface area contributed by atoms with Gasteiger partial charge in [0.2, 0.25) is 11.7 Å². The van der Waals surface area contributed by atoms with Crippen molar-refractivity contribution in [3.63, 3.8) is 0 Å². The summed E-state index contributed by atoms with van der Waals surface area (Å²) in [5.74, 6) is 1.09. The van der Waals surface area contributed by atoms with E-state index in [1.54, 1.807) is 19.2 Å². The van der Waals surface area contributed by atoms with Crippen molar-refractivity contribution in [1.82, 2.24) is 10.1 Å². The molecule has 0 spiro atoms. The summed E-state index contributed by atoms with van der Waals surface area (Å²) in [5, 5.41) is 6.79. The Labute approximate surface area is 144 Å². The summed E-state index contributed by atoms with van der Waals surface area (Å²) in [6, 6.07) is 14.6. The lowest BCUT2D eigenvalue weighted by Gasteiger charge is -2.07. The average molecular weight is 339 g/mol. The van der Waals surface area contributed by atoms with Gasteiger partial charge in [-0.2, -0.15) is 4.98 Å². The molecule has 0 saturated carbocycles. The van der Waals surface area contributed by atoms with E-state index < -0.39 is 0 Å². The zero-order valence-electron chi connectivity index (χ0n) is 13.9. The number of carbonyl (C=O) groups is 1. The van der Waals surface area contributed by atoms with Gasteiger partial charge in [-0.3, -0.25) is 4.79 Å². The number of carbonyl (C=O) groups excluding carboxylic acids is 1. The fourth-order valence-corrected chi connectivity index (χ4v) is 2.37. The van der Waals surface area contributed by atoms with Gasteiger partial charge in [-0.25, -0.2) is 0 Å². The van der Waals surface area contributed by atoms with Gasteiger partial charge in [0.1, 0.15) is 12.4 Å². The predicted octanol–water partition coefficient (Wildman–Crippen LogP) is 3.00. The van der Waals surface area contributed by atoms with Crippen LogP contribution in [0.15, 0.2) is 53.1 Å². The molecule has 0 unspecified atom stereocenters. The Morgan fingerprint density at radius 2 is 1.80 bits per heavy atom. The Hall–Kier alpha value is -3.19. The van der Waals surface area contributed by atoms with E-state index in [2.05, 4.69) is 15.5 Å². The third kappa shape index (κ3) is 3.67. The number of benzene rings is 2. The maximum absolute atomic E-state index is 11.8. The summed E-state index contributed by atoms with van der Waals surface area (Å²) < 4.78 is 15.5. The van der Waals surface area contributed by atoms with Crippen LogP contribution in [0.2, 0.25) is 0 Å². The molecule has 0 aliphatic rings. The van der Waals surface area contributed by atoms with Gasteiger partial charge < -0.3 is 19.3 Å². The number of nitrogens with one attached hydrogen (secondary N) is 1. The second kappa shape index (κ2) is 7.59. The molecule has 3 rings (SSSR count). The Morgan fingerprint density at radius 3 is 2.56 bits per heavy atom. The van der Waals surface area contributed by atoms with Crippen LogP contribution in [-0.2, 0) is 9.53 Å². The molecule has 0 fully saturated rings. The normalized spacial score (nSPS) is 10.5. The molecule has 3 aromatic rings. The van der Waals surface area contributed by atoms with Gasteiger partial charge in [0.25, 0.3) is 5.89 Å². The smallest absolute Gasteiger partial charge is 0.260 e. The van der Waals surface area contributed by atoms with Crippen LogP contribution in [-0.4, -0.2) is 36.9 Å². The molecule has 0 radical (unpaired) electrons. The van der Waals surface area contributed by atoms with Crippen molar-refractivity contribution in [3.05, 3.63) is 48.5 Å². The summed E-state index contributed by atoms with van der Waals surface area (Å²) in [7, 11) is 3.05. The van der Waals surface area contributed by atoms with Gasteiger partial charge in [0.15, 0.2) is 0 Å². The van der Waals surface area contributed by atoms with Crippen LogP contribution in [0.25, 0.3) is 22.8 Å². The van der Waals surface area contributed by atoms with E-state index in [0.29, 0.717) is 28.7 Å². The summed E-state index contributed by atoms with van der Waals surface area (Å²) in [6.07, 6.45) is 0. The molecule has 7 nitrogen and oxygen atoms in total. The monoisotopic (exact) mass is 339 g/mol. The highest BCUT2D eigenvalue weighted by Crippen LogP contribution is 2.31. The predicted molar refractivity (Wildman–Crippen MR) is 92.2 cm³/mol. The second-order valence-electron chi connectivity index (χ2n) is 5.15. The third-order valence-corrected chi connectivity index (χ3v) is 3.48. The Balaban J connectivity index is 1.94. The van der Waals surface area contributed by atoms with Crippen molar-refractivity contribution in [2.45, 2.75) is 0 Å². The quantitative estimate of drug-likeness (QED) is 0.743. The highest BCUT2D eigenvalue weighted by Gasteiger charge is 2.17. The number of methoxy groups -OCH3 is 2. The topological polar surface area (TPSA) is 86.5 Å². The molecular weight excluding hydrogens is 322 g/mol. The number of rotatable bonds is 6. The minimum atomic E-state index is -0.264. The van der Waals surface area contributed by atoms with E-state index >= 15 is 0 Å². The van der Waals surface area contributed by atoms with Gasteiger partial charge in [0.05, 0.1) is 23.9 Å². The molecule has 1 aromatic heterocycles. The first-order valence-electron chi connectivity index (χ1n) is 7.58. The Bertz CT molecular complexity index is 876. The van der Waals surface area contributed by atoms with Crippen LogP contribution in [0.4, 0.5) is 5.69 Å². The Kier molecular flexibility index (Phi) is 5.06. The molecule has 0 saturated heterocycles. The second-order valence-corrected chi connectivity index (χ2v) is 5.15. The number of amides is 1. The first-order chi connectivity index (χ1) is 12.2. The molecular formula is C18H17N3O4. The first kappa shape index (κ1) is 16.7. The van der Waals surface area contributed by atoms with Crippen molar-refractivity contribution < 1.29 is 18.8 Å². The molecule has 0 bridgehead atoms. The van der Waals surface area contributed by atoms with Crippen molar-refractivity contribution in [2.75, 3.05) is 26.1 Å². The van der Waals surface area contributed by atoms with Crippen LogP contribution < -0.4 is 10.1 Å². The van der Waals surface area contributed by atoms with E-state index in [9.17, 15) is 4.79 Å². The zero-order chi connectivity index (χ0) is 17.6. The van der Waals surface area contributed by atoms with E-state index in [1.807, 2.05) is 36.4 Å². The van der Waals surface area contributed by atoms with Crippen molar-refractivity contribution in [2.24, 2.45) is 0 Å². The molecule has 1 N–H and O–H groups in total. The van der Waals surface area contributed by atoms with E-state index in [4.69, 9.17) is 14.0 Å². The standard InChI is InChI=1S/C18H17N3O4/c1-23-11-16(22)19-14-9-5-3-7-12(14)18-20-17(21-25-18)13-8-4-6-10-15(13)24-2/h3-10H,11H2,1-2H3,(H,19,22). The van der Waals surface area contributed by atoms with E-state index in [0.717, 1.165) is 5.56 Å². The highest BCUT2D eigenvalue weighted by atomic mass is 16.5. The van der Waals surface area contributed by atoms with Crippen molar-refractivity contribution in [1.29, 1.82) is 0 Å². The van der Waals surface area contributed by atoms with Gasteiger partial charge >= 0.3 is 0 Å². The van der Waals surface area contributed by atoms with Crippen molar-refractivity contribution in [3.8, 4) is 28.6 Å². The van der Waals surface area contributed by atoms with Gasteiger partial charge in [-0.05, 0) is 24.3 Å². The summed E-state index contributed by atoms with van der Waals surface area (Å²) in [6.45, 7) is -0.0371. The fourth-order valence-electron chi connectivity index (χ4n) is 2.37. The van der Waals surface area contributed by atoms with Crippen LogP contribution in [0.3, 0.4) is 0 Å². The molecule has 2 aromatic carbocycles. The minimum absolute atomic E-state index is 0.0371. The lowest BCUT2D eigenvalue weighted by atomic mass is 10.1. The maximum Gasteiger partial charge on any atom is 0.260 e. The molecule has 7 heteroatoms. The van der Waals surface area contributed by atoms with E-state index in [1.165, 1.54) is 7.11 Å². The van der Waals surface area contributed by atoms with E-state index in [-0.39, 0.29) is 12.5 Å². The first-order valence-corrected chi connectivity index (χ1v) is 7.58. The van der Waals surface area contributed by atoms with Crippen LogP contribution in [0.1, 0.15) is 0 Å². The fraction of sp³-hybridized carbons (Fsp3) is 0.167. The number of aromatic nitrogens is 2. The minimum Gasteiger partial charge on any atom is -0.496 e. The number of ether oxygens (including phenoxy) is 2. The molecule has 0 atom stereocenters. The number of para-hydroxylation sites is 2. The van der Waals surface area contributed by atoms with Crippen LogP contribution >= 0.6 is 0 Å². The Morgan fingerprint density at radius 1 is 1.08 bits per heavy atom. The lowest BCUT2D eigenvalue weighted by molar-refractivity contribution is -0.119. The SMILES string of the molecule is COCC(=O)Nc1ccccc1-c1nc(-c2ccccc2OC)no1. The maximum atomic E-state index is 11.8. The molecule has 0 aliphatic carbocycles. The van der Waals surface area contributed by atoms with Gasteiger partial charge in [0, 0.05) is 7.11 Å². The molecule has 0 aliphatic heterocycles. The number of hydrogen-bond acceptors (Lipinski definition) is 6. The summed E-state index contributed by atoms with van der Waals surface area (Å²) in [4.78, 5) is 16.2. The molecule has 1 heterocycles. The number of anilines is 1. The number of hydrogen-bond donors (Lipinski definition) is 1. The van der Waals surface area contributed by atoms with Crippen LogP contribution in [0.5, 0.6) is 5.75 Å². The average Bonchev–Trinajstić information content (AvgIpc) is 3.12.